The fourth-order valence-electron chi connectivity index (χ4n) is 1.97. The summed E-state index contributed by atoms with van der Waals surface area (Å²) in [5.74, 6) is 0. The molecule has 0 aliphatic rings. The van der Waals surface area contributed by atoms with E-state index in [-0.39, 0.29) is 6.04 Å². The smallest absolute Gasteiger partial charge is 0.0597 e. The van der Waals surface area contributed by atoms with Gasteiger partial charge in [-0.3, -0.25) is 9.67 Å². The van der Waals surface area contributed by atoms with E-state index in [4.69, 9.17) is 5.73 Å². The van der Waals surface area contributed by atoms with Crippen molar-refractivity contribution in [2.75, 3.05) is 0 Å². The summed E-state index contributed by atoms with van der Waals surface area (Å²) in [4.78, 5) is 4.35. The Bertz CT molecular complexity index is 518. The first-order valence-corrected chi connectivity index (χ1v) is 6.79. The Hall–Kier alpha value is -1.20. The van der Waals surface area contributed by atoms with Crippen LogP contribution in [0.3, 0.4) is 0 Å². The van der Waals surface area contributed by atoms with Crippen LogP contribution in [0.15, 0.2) is 28.9 Å². The van der Waals surface area contributed by atoms with Gasteiger partial charge in [0.25, 0.3) is 0 Å². The molecule has 4 nitrogen and oxygen atoms in total. The van der Waals surface area contributed by atoms with Crippen LogP contribution < -0.4 is 5.73 Å². The van der Waals surface area contributed by atoms with E-state index in [1.54, 1.807) is 6.20 Å². The first-order chi connectivity index (χ1) is 8.60. The van der Waals surface area contributed by atoms with Crippen LogP contribution in [0.1, 0.15) is 30.0 Å². The van der Waals surface area contributed by atoms with Crippen molar-refractivity contribution < 1.29 is 0 Å². The minimum atomic E-state index is -0.0696. The Morgan fingerprint density at radius 1 is 1.44 bits per heavy atom. The summed E-state index contributed by atoms with van der Waals surface area (Å²) < 4.78 is 2.94. The first-order valence-electron chi connectivity index (χ1n) is 6.00. The van der Waals surface area contributed by atoms with Crippen molar-refractivity contribution in [3.63, 3.8) is 0 Å². The number of halogens is 1. The molecule has 0 saturated heterocycles. The molecular weight excluding hydrogens is 292 g/mol. The van der Waals surface area contributed by atoms with Gasteiger partial charge >= 0.3 is 0 Å². The van der Waals surface area contributed by atoms with Crippen molar-refractivity contribution in [1.82, 2.24) is 14.8 Å². The minimum Gasteiger partial charge on any atom is -0.322 e. The molecule has 2 N–H and O–H groups in total. The fraction of sp³-hybridized carbons (Fsp3) is 0.385. The van der Waals surface area contributed by atoms with Crippen LogP contribution in [0.4, 0.5) is 0 Å². The Morgan fingerprint density at radius 3 is 2.83 bits per heavy atom. The van der Waals surface area contributed by atoms with Crippen molar-refractivity contribution >= 4 is 15.9 Å². The highest BCUT2D eigenvalue weighted by Crippen LogP contribution is 2.17. The average Bonchev–Trinajstić information content (AvgIpc) is 2.73. The maximum atomic E-state index is 6.24. The predicted molar refractivity (Wildman–Crippen MR) is 75.2 cm³/mol. The van der Waals surface area contributed by atoms with E-state index in [1.807, 2.05) is 29.8 Å². The predicted octanol–water partition coefficient (Wildman–Crippen LogP) is 2.61. The zero-order chi connectivity index (χ0) is 13.1. The van der Waals surface area contributed by atoms with Crippen LogP contribution in [0, 0.1) is 6.92 Å². The van der Waals surface area contributed by atoms with Gasteiger partial charge in [-0.15, -0.1) is 0 Å². The third-order valence-corrected chi connectivity index (χ3v) is 3.30. The molecule has 2 aromatic heterocycles. The molecule has 0 fully saturated rings. The number of pyridine rings is 1. The van der Waals surface area contributed by atoms with Crippen LogP contribution in [-0.2, 0) is 13.0 Å². The van der Waals surface area contributed by atoms with Crippen LogP contribution in [0.2, 0.25) is 0 Å². The Labute approximate surface area is 115 Å². The molecule has 1 atom stereocenters. The van der Waals surface area contributed by atoms with Gasteiger partial charge in [-0.25, -0.2) is 0 Å². The van der Waals surface area contributed by atoms with Gasteiger partial charge in [0.05, 0.1) is 17.4 Å². The standard InChI is InChI=1S/C13H17BrN4/c1-3-18-13(6-9(2)17-18)12(15)7-11-5-4-10(14)8-16-11/h4-6,8,12H,3,7,15H2,1-2H3. The molecular formula is C13H17BrN4. The zero-order valence-corrected chi connectivity index (χ0v) is 12.2. The van der Waals surface area contributed by atoms with Gasteiger partial charge in [-0.05, 0) is 48.0 Å². The quantitative estimate of drug-likeness (QED) is 0.944. The summed E-state index contributed by atoms with van der Waals surface area (Å²) >= 11 is 3.37. The molecule has 2 rings (SSSR count). The summed E-state index contributed by atoms with van der Waals surface area (Å²) in [5, 5.41) is 4.41. The molecule has 0 aromatic carbocycles. The van der Waals surface area contributed by atoms with Crippen LogP contribution >= 0.6 is 15.9 Å². The first kappa shape index (κ1) is 13.2. The minimum absolute atomic E-state index is 0.0696. The third-order valence-electron chi connectivity index (χ3n) is 2.83. The second kappa shape index (κ2) is 5.63. The highest BCUT2D eigenvalue weighted by molar-refractivity contribution is 9.10. The van der Waals surface area contributed by atoms with Crippen molar-refractivity contribution in [3.8, 4) is 0 Å². The molecule has 2 aromatic rings. The van der Waals surface area contributed by atoms with Crippen LogP contribution in [0.5, 0.6) is 0 Å². The summed E-state index contributed by atoms with van der Waals surface area (Å²) in [6, 6.07) is 5.95. The molecule has 0 aliphatic heterocycles. The van der Waals surface area contributed by atoms with Crippen molar-refractivity contribution in [2.24, 2.45) is 5.73 Å². The van der Waals surface area contributed by atoms with Crippen molar-refractivity contribution in [2.45, 2.75) is 32.9 Å². The highest BCUT2D eigenvalue weighted by Gasteiger charge is 2.13. The monoisotopic (exact) mass is 308 g/mol. The number of aromatic nitrogens is 3. The van der Waals surface area contributed by atoms with Gasteiger partial charge < -0.3 is 5.73 Å². The van der Waals surface area contributed by atoms with Crippen LogP contribution in [0.25, 0.3) is 0 Å². The lowest BCUT2D eigenvalue weighted by Crippen LogP contribution is -2.18. The number of hydrogen-bond donors (Lipinski definition) is 1. The molecule has 0 amide bonds. The number of hydrogen-bond acceptors (Lipinski definition) is 3. The van der Waals surface area contributed by atoms with Gasteiger partial charge in [-0.1, -0.05) is 0 Å². The lowest BCUT2D eigenvalue weighted by atomic mass is 10.1. The SMILES string of the molecule is CCn1nc(C)cc1C(N)Cc1ccc(Br)cn1. The Kier molecular flexibility index (Phi) is 4.14. The summed E-state index contributed by atoms with van der Waals surface area (Å²) in [6.45, 7) is 4.89. The summed E-state index contributed by atoms with van der Waals surface area (Å²) in [6.07, 6.45) is 2.52. The molecule has 2 heterocycles. The molecule has 0 radical (unpaired) electrons. The molecule has 96 valence electrons. The van der Waals surface area contributed by atoms with Gasteiger partial charge in [0.2, 0.25) is 0 Å². The average molecular weight is 309 g/mol. The van der Waals surface area contributed by atoms with Gasteiger partial charge in [0.1, 0.15) is 0 Å². The summed E-state index contributed by atoms with van der Waals surface area (Å²) in [7, 11) is 0. The topological polar surface area (TPSA) is 56.7 Å². The maximum Gasteiger partial charge on any atom is 0.0597 e. The maximum absolute atomic E-state index is 6.24. The van der Waals surface area contributed by atoms with E-state index in [9.17, 15) is 0 Å². The number of rotatable bonds is 4. The lowest BCUT2D eigenvalue weighted by Gasteiger charge is -2.12. The van der Waals surface area contributed by atoms with Gasteiger partial charge in [-0.2, -0.15) is 5.10 Å². The second-order valence-electron chi connectivity index (χ2n) is 4.30. The lowest BCUT2D eigenvalue weighted by molar-refractivity contribution is 0.563. The van der Waals surface area contributed by atoms with Crippen molar-refractivity contribution in [1.29, 1.82) is 0 Å². The normalized spacial score (nSPS) is 12.7. The summed E-state index contributed by atoms with van der Waals surface area (Å²) in [5.41, 5.74) is 9.31. The highest BCUT2D eigenvalue weighted by atomic mass is 79.9. The van der Waals surface area contributed by atoms with Crippen LogP contribution in [-0.4, -0.2) is 14.8 Å². The van der Waals surface area contributed by atoms with Gasteiger partial charge in [0, 0.05) is 29.3 Å². The van der Waals surface area contributed by atoms with Crippen molar-refractivity contribution in [3.05, 3.63) is 46.0 Å². The van der Waals surface area contributed by atoms with E-state index < -0.39 is 0 Å². The Morgan fingerprint density at radius 2 is 2.22 bits per heavy atom. The molecule has 0 bridgehead atoms. The third kappa shape index (κ3) is 2.97. The molecule has 1 unspecified atom stereocenters. The van der Waals surface area contributed by atoms with E-state index in [2.05, 4.69) is 32.9 Å². The molecule has 0 aliphatic carbocycles. The molecule has 5 heteroatoms. The molecule has 0 saturated carbocycles. The number of nitrogens with two attached hydrogens (primary N) is 1. The van der Waals surface area contributed by atoms with E-state index in [0.29, 0.717) is 0 Å². The van der Waals surface area contributed by atoms with E-state index in [0.717, 1.165) is 34.5 Å². The van der Waals surface area contributed by atoms with Gasteiger partial charge in [0.15, 0.2) is 0 Å². The van der Waals surface area contributed by atoms with E-state index in [1.165, 1.54) is 0 Å². The largest absolute Gasteiger partial charge is 0.322 e. The number of nitrogens with zero attached hydrogens (tertiary/aromatic N) is 3. The Balaban J connectivity index is 2.16. The fourth-order valence-corrected chi connectivity index (χ4v) is 2.21. The van der Waals surface area contributed by atoms with E-state index >= 15 is 0 Å². The number of aryl methyl sites for hydroxylation is 2. The zero-order valence-electron chi connectivity index (χ0n) is 10.6. The molecule has 18 heavy (non-hydrogen) atoms. The molecule has 0 spiro atoms. The second-order valence-corrected chi connectivity index (χ2v) is 5.22.